The smallest absolute Gasteiger partial charge is 0.322 e. The normalized spacial score (nSPS) is 24.0. The summed E-state index contributed by atoms with van der Waals surface area (Å²) in [5.41, 5.74) is 3.03. The van der Waals surface area contributed by atoms with Crippen LogP contribution in [0.15, 0.2) is 12.1 Å². The van der Waals surface area contributed by atoms with Crippen LogP contribution < -0.4 is 0 Å². The van der Waals surface area contributed by atoms with Crippen LogP contribution in [0, 0.1) is 20.8 Å². The number of nitrogens with zero attached hydrogens (tertiary/aromatic N) is 2. The van der Waals surface area contributed by atoms with E-state index in [0.717, 1.165) is 35.3 Å². The molecule has 5 heteroatoms. The van der Waals surface area contributed by atoms with Gasteiger partial charge in [-0.15, -0.1) is 0 Å². The number of ketones is 1. The van der Waals surface area contributed by atoms with Gasteiger partial charge >= 0.3 is 5.97 Å². The molecule has 2 fully saturated rings. The lowest BCUT2D eigenvalue weighted by molar-refractivity contribution is -0.160. The molecule has 2 aliphatic rings. The Hall–Kier alpha value is -1.72. The molecule has 1 aromatic rings. The van der Waals surface area contributed by atoms with Crippen molar-refractivity contribution >= 4 is 11.8 Å². The lowest BCUT2D eigenvalue weighted by atomic mass is 9.79. The number of hydrogen-bond donors (Lipinski definition) is 0. The number of Topliss-reactive ketones (excluding diaryl/α,β-unsaturated/α-hetero) is 1. The van der Waals surface area contributed by atoms with Crippen molar-refractivity contribution in [3.05, 3.63) is 34.4 Å². The van der Waals surface area contributed by atoms with Gasteiger partial charge in [0, 0.05) is 40.0 Å². The quantitative estimate of drug-likeness (QED) is 0.614. The molecule has 5 nitrogen and oxygen atoms in total. The van der Waals surface area contributed by atoms with Crippen molar-refractivity contribution < 1.29 is 14.3 Å². The van der Waals surface area contributed by atoms with Crippen molar-refractivity contribution in [2.24, 2.45) is 0 Å². The summed E-state index contributed by atoms with van der Waals surface area (Å²) < 4.78 is 5.70. The maximum absolute atomic E-state index is 13.2. The molecule has 24 heavy (non-hydrogen) atoms. The van der Waals surface area contributed by atoms with E-state index in [0.29, 0.717) is 12.8 Å². The van der Waals surface area contributed by atoms with Gasteiger partial charge < -0.3 is 4.74 Å². The molecule has 2 aliphatic heterocycles. The highest BCUT2D eigenvalue weighted by Gasteiger charge is 2.57. The Morgan fingerprint density at radius 3 is 2.12 bits per heavy atom. The Labute approximate surface area is 143 Å². The number of aryl methyl sites for hydroxylation is 3. The Bertz CT molecular complexity index is 665. The molecular formula is C19H26N2O3. The lowest BCUT2D eigenvalue weighted by Crippen LogP contribution is -2.52. The van der Waals surface area contributed by atoms with Gasteiger partial charge in [-0.1, -0.05) is 17.7 Å². The Morgan fingerprint density at radius 2 is 1.62 bits per heavy atom. The number of carbonyl (C=O) groups is 2. The number of carbonyl (C=O) groups excluding carboxylic acids is 2. The van der Waals surface area contributed by atoms with E-state index in [2.05, 4.69) is 5.01 Å². The van der Waals surface area contributed by atoms with E-state index in [9.17, 15) is 9.59 Å². The van der Waals surface area contributed by atoms with Crippen molar-refractivity contribution in [1.29, 1.82) is 0 Å². The largest absolute Gasteiger partial charge is 0.450 e. The van der Waals surface area contributed by atoms with Crippen LogP contribution in [-0.4, -0.2) is 54.6 Å². The zero-order valence-corrected chi connectivity index (χ0v) is 15.2. The predicted octanol–water partition coefficient (Wildman–Crippen LogP) is 2.13. The second-order valence-corrected chi connectivity index (χ2v) is 7.33. The van der Waals surface area contributed by atoms with Gasteiger partial charge in [-0.25, -0.2) is 10.0 Å². The van der Waals surface area contributed by atoms with Gasteiger partial charge in [0.15, 0.2) is 11.4 Å². The molecule has 0 aromatic heterocycles. The summed E-state index contributed by atoms with van der Waals surface area (Å²) in [6, 6.07) is 4.06. The first-order valence-corrected chi connectivity index (χ1v) is 8.52. The molecule has 0 amide bonds. The molecule has 3 rings (SSSR count). The van der Waals surface area contributed by atoms with Gasteiger partial charge in [0.1, 0.15) is 5.92 Å². The predicted molar refractivity (Wildman–Crippen MR) is 91.7 cm³/mol. The topological polar surface area (TPSA) is 49.9 Å². The van der Waals surface area contributed by atoms with E-state index in [1.807, 2.05) is 52.0 Å². The fraction of sp³-hybridized carbons (Fsp3) is 0.579. The molecule has 1 spiro atoms. The van der Waals surface area contributed by atoms with Gasteiger partial charge in [-0.3, -0.25) is 9.59 Å². The molecule has 1 unspecified atom stereocenters. The maximum atomic E-state index is 13.2. The molecule has 1 aromatic carbocycles. The first-order valence-electron chi connectivity index (χ1n) is 8.52. The highest BCUT2D eigenvalue weighted by Crippen LogP contribution is 2.42. The van der Waals surface area contributed by atoms with Crippen LogP contribution in [-0.2, 0) is 14.3 Å². The van der Waals surface area contributed by atoms with Gasteiger partial charge in [0.05, 0.1) is 0 Å². The number of benzene rings is 1. The molecule has 0 aliphatic carbocycles. The average Bonchev–Trinajstić information content (AvgIpc) is 2.71. The third-order valence-electron chi connectivity index (χ3n) is 5.38. The summed E-state index contributed by atoms with van der Waals surface area (Å²) >= 11 is 0. The van der Waals surface area contributed by atoms with Crippen LogP contribution >= 0.6 is 0 Å². The second-order valence-electron chi connectivity index (χ2n) is 7.33. The van der Waals surface area contributed by atoms with E-state index in [4.69, 9.17) is 4.74 Å². The van der Waals surface area contributed by atoms with Crippen molar-refractivity contribution in [3.8, 4) is 0 Å². The zero-order valence-electron chi connectivity index (χ0n) is 15.2. The first kappa shape index (κ1) is 17.1. The Morgan fingerprint density at radius 1 is 1.08 bits per heavy atom. The fourth-order valence-electron chi connectivity index (χ4n) is 4.17. The van der Waals surface area contributed by atoms with E-state index in [1.54, 1.807) is 0 Å². The van der Waals surface area contributed by atoms with E-state index in [-0.39, 0.29) is 11.8 Å². The van der Waals surface area contributed by atoms with E-state index in [1.165, 1.54) is 0 Å². The maximum Gasteiger partial charge on any atom is 0.322 e. The highest BCUT2D eigenvalue weighted by molar-refractivity contribution is 6.14. The third-order valence-corrected chi connectivity index (χ3v) is 5.38. The zero-order chi connectivity index (χ0) is 17.6. The minimum atomic E-state index is -0.933. The van der Waals surface area contributed by atoms with Crippen LogP contribution in [0.1, 0.15) is 41.0 Å². The van der Waals surface area contributed by atoms with Crippen molar-refractivity contribution in [2.75, 3.05) is 27.2 Å². The van der Waals surface area contributed by atoms with Crippen molar-refractivity contribution in [1.82, 2.24) is 10.0 Å². The molecule has 2 heterocycles. The summed E-state index contributed by atoms with van der Waals surface area (Å²) in [7, 11) is 3.98. The number of hydrazine groups is 1. The van der Waals surface area contributed by atoms with Gasteiger partial charge in [-0.2, -0.15) is 0 Å². The Balaban J connectivity index is 1.91. The number of piperidine rings is 1. The second kappa shape index (κ2) is 5.97. The SMILES string of the molecule is Cc1cc(C)c(C2C(=O)OC3(CCN(N(C)C)CC3)C2=O)c(C)c1. The minimum Gasteiger partial charge on any atom is -0.450 e. The van der Waals surface area contributed by atoms with Crippen LogP contribution in [0.2, 0.25) is 0 Å². The first-order chi connectivity index (χ1) is 11.2. The number of rotatable bonds is 2. The Kier molecular flexibility index (Phi) is 4.26. The summed E-state index contributed by atoms with van der Waals surface area (Å²) in [5, 5.41) is 4.20. The molecule has 0 radical (unpaired) electrons. The summed E-state index contributed by atoms with van der Waals surface area (Å²) in [4.78, 5) is 25.8. The average molecular weight is 330 g/mol. The van der Waals surface area contributed by atoms with Crippen molar-refractivity contribution in [3.63, 3.8) is 0 Å². The molecule has 2 saturated heterocycles. The monoisotopic (exact) mass is 330 g/mol. The molecule has 0 bridgehead atoms. The third kappa shape index (κ3) is 2.66. The van der Waals surface area contributed by atoms with Crippen LogP contribution in [0.25, 0.3) is 0 Å². The van der Waals surface area contributed by atoms with Crippen LogP contribution in [0.4, 0.5) is 0 Å². The number of ether oxygens (including phenoxy) is 1. The summed E-state index contributed by atoms with van der Waals surface area (Å²) in [5.74, 6) is -1.20. The van der Waals surface area contributed by atoms with Crippen LogP contribution in [0.5, 0.6) is 0 Å². The minimum absolute atomic E-state index is 0.0547. The summed E-state index contributed by atoms with van der Waals surface area (Å²) in [6.07, 6.45) is 1.13. The number of esters is 1. The van der Waals surface area contributed by atoms with E-state index >= 15 is 0 Å². The van der Waals surface area contributed by atoms with Gasteiger partial charge in [0.25, 0.3) is 0 Å². The highest BCUT2D eigenvalue weighted by atomic mass is 16.6. The molecular weight excluding hydrogens is 304 g/mol. The molecule has 1 atom stereocenters. The van der Waals surface area contributed by atoms with Crippen LogP contribution in [0.3, 0.4) is 0 Å². The fourth-order valence-corrected chi connectivity index (χ4v) is 4.17. The lowest BCUT2D eigenvalue weighted by Gasteiger charge is -2.39. The molecule has 0 N–H and O–H groups in total. The van der Waals surface area contributed by atoms with Crippen molar-refractivity contribution in [2.45, 2.75) is 45.1 Å². The van der Waals surface area contributed by atoms with E-state index < -0.39 is 11.5 Å². The summed E-state index contributed by atoms with van der Waals surface area (Å²) in [6.45, 7) is 7.41. The number of hydrogen-bond acceptors (Lipinski definition) is 5. The molecule has 130 valence electrons. The van der Waals surface area contributed by atoms with Gasteiger partial charge in [0.2, 0.25) is 0 Å². The van der Waals surface area contributed by atoms with Gasteiger partial charge in [-0.05, 0) is 37.5 Å². The standard InChI is InChI=1S/C19H26N2O3/c1-12-10-13(2)15(14(3)11-12)16-17(22)19(24-18(16)23)6-8-21(9-7-19)20(4)5/h10-11,16H,6-9H2,1-5H3. The molecule has 0 saturated carbocycles.